The van der Waals surface area contributed by atoms with Gasteiger partial charge in [0.2, 0.25) is 0 Å². The molecule has 4 nitrogen and oxygen atoms in total. The fourth-order valence-corrected chi connectivity index (χ4v) is 1.10. The molecule has 0 aliphatic heterocycles. The van der Waals surface area contributed by atoms with Gasteiger partial charge in [-0.25, -0.2) is 10.8 Å². The molecule has 0 saturated heterocycles. The molecule has 1 aromatic rings. The van der Waals surface area contributed by atoms with Crippen molar-refractivity contribution < 1.29 is 4.74 Å². The van der Waals surface area contributed by atoms with E-state index in [0.717, 1.165) is 5.56 Å². The number of nitrogens with one attached hydrogen (secondary N) is 1. The van der Waals surface area contributed by atoms with Crippen LogP contribution in [0.25, 0.3) is 0 Å². The summed E-state index contributed by atoms with van der Waals surface area (Å²) in [6.07, 6.45) is 1.93. The van der Waals surface area contributed by atoms with Gasteiger partial charge in [0.25, 0.3) is 0 Å². The number of ether oxygens (including phenoxy) is 1. The Morgan fingerprint density at radius 2 is 2.20 bits per heavy atom. The summed E-state index contributed by atoms with van der Waals surface area (Å²) in [5, 5.41) is 0. The lowest BCUT2D eigenvalue weighted by Gasteiger charge is -2.17. The SMILES string of the molecule is CC(C)C(C)OCc1cccnc1NN. The van der Waals surface area contributed by atoms with Crippen molar-refractivity contribution >= 4 is 5.82 Å². The van der Waals surface area contributed by atoms with Gasteiger partial charge >= 0.3 is 0 Å². The van der Waals surface area contributed by atoms with Gasteiger partial charge in [0.15, 0.2) is 0 Å². The van der Waals surface area contributed by atoms with Crippen LogP contribution in [0.1, 0.15) is 26.3 Å². The van der Waals surface area contributed by atoms with Gasteiger partial charge in [-0.2, -0.15) is 0 Å². The van der Waals surface area contributed by atoms with E-state index in [1.54, 1.807) is 6.20 Å². The van der Waals surface area contributed by atoms with Crippen molar-refractivity contribution in [3.63, 3.8) is 0 Å². The van der Waals surface area contributed by atoms with Gasteiger partial charge in [0.1, 0.15) is 5.82 Å². The molecule has 1 aromatic heterocycles. The molecule has 1 unspecified atom stereocenters. The Hall–Kier alpha value is -1.13. The van der Waals surface area contributed by atoms with Crippen molar-refractivity contribution in [2.24, 2.45) is 11.8 Å². The molecule has 1 heterocycles. The van der Waals surface area contributed by atoms with Crippen molar-refractivity contribution in [2.75, 3.05) is 5.43 Å². The quantitative estimate of drug-likeness (QED) is 0.574. The number of nitrogens with zero attached hydrogens (tertiary/aromatic N) is 1. The first-order valence-corrected chi connectivity index (χ1v) is 5.17. The average molecular weight is 209 g/mol. The molecule has 4 heteroatoms. The van der Waals surface area contributed by atoms with E-state index < -0.39 is 0 Å². The first-order chi connectivity index (χ1) is 7.15. The highest BCUT2D eigenvalue weighted by Crippen LogP contribution is 2.14. The number of hydrazine groups is 1. The maximum absolute atomic E-state index is 5.70. The molecule has 1 atom stereocenters. The van der Waals surface area contributed by atoms with Crippen molar-refractivity contribution in [3.8, 4) is 0 Å². The molecule has 1 rings (SSSR count). The topological polar surface area (TPSA) is 60.2 Å². The third-order valence-corrected chi connectivity index (χ3v) is 2.47. The molecule has 84 valence electrons. The molecule has 15 heavy (non-hydrogen) atoms. The zero-order chi connectivity index (χ0) is 11.3. The van der Waals surface area contributed by atoms with Gasteiger partial charge in [-0.05, 0) is 18.9 Å². The number of hydrogen-bond acceptors (Lipinski definition) is 4. The summed E-state index contributed by atoms with van der Waals surface area (Å²) in [4.78, 5) is 4.10. The fourth-order valence-electron chi connectivity index (χ4n) is 1.10. The van der Waals surface area contributed by atoms with E-state index in [4.69, 9.17) is 10.6 Å². The summed E-state index contributed by atoms with van der Waals surface area (Å²) in [5.41, 5.74) is 3.54. The molecular formula is C11H19N3O. The van der Waals surface area contributed by atoms with E-state index in [0.29, 0.717) is 18.3 Å². The van der Waals surface area contributed by atoms with E-state index in [1.165, 1.54) is 0 Å². The molecule has 0 radical (unpaired) electrons. The first kappa shape index (κ1) is 11.9. The van der Waals surface area contributed by atoms with Crippen LogP contribution < -0.4 is 11.3 Å². The molecule has 0 aromatic carbocycles. The van der Waals surface area contributed by atoms with Crippen LogP contribution in [0.5, 0.6) is 0 Å². The largest absolute Gasteiger partial charge is 0.373 e. The van der Waals surface area contributed by atoms with Gasteiger partial charge in [-0.15, -0.1) is 0 Å². The van der Waals surface area contributed by atoms with Crippen LogP contribution in [0.4, 0.5) is 5.82 Å². The summed E-state index contributed by atoms with van der Waals surface area (Å²) < 4.78 is 5.70. The third kappa shape index (κ3) is 3.49. The van der Waals surface area contributed by atoms with Crippen molar-refractivity contribution in [1.29, 1.82) is 0 Å². The monoisotopic (exact) mass is 209 g/mol. The summed E-state index contributed by atoms with van der Waals surface area (Å²) in [6, 6.07) is 3.83. The van der Waals surface area contributed by atoms with Crippen LogP contribution in [-0.2, 0) is 11.3 Å². The Labute approximate surface area is 90.8 Å². The van der Waals surface area contributed by atoms with Crippen LogP contribution in [0, 0.1) is 5.92 Å². The molecule has 0 amide bonds. The van der Waals surface area contributed by atoms with E-state index in [2.05, 4.69) is 31.2 Å². The number of pyridine rings is 1. The van der Waals surface area contributed by atoms with E-state index in [9.17, 15) is 0 Å². The molecule has 0 saturated carbocycles. The normalized spacial score (nSPS) is 12.9. The highest BCUT2D eigenvalue weighted by molar-refractivity contribution is 5.41. The summed E-state index contributed by atoms with van der Waals surface area (Å²) in [7, 11) is 0. The Morgan fingerprint density at radius 1 is 1.47 bits per heavy atom. The predicted molar refractivity (Wildman–Crippen MR) is 61.1 cm³/mol. The minimum Gasteiger partial charge on any atom is -0.373 e. The van der Waals surface area contributed by atoms with E-state index >= 15 is 0 Å². The van der Waals surface area contributed by atoms with Crippen LogP contribution in [0.3, 0.4) is 0 Å². The van der Waals surface area contributed by atoms with Crippen molar-refractivity contribution in [1.82, 2.24) is 4.98 Å². The van der Waals surface area contributed by atoms with Crippen molar-refractivity contribution in [2.45, 2.75) is 33.5 Å². The lowest BCUT2D eigenvalue weighted by Crippen LogP contribution is -2.17. The number of aromatic nitrogens is 1. The molecule has 0 aliphatic carbocycles. The second-order valence-corrected chi connectivity index (χ2v) is 3.92. The maximum Gasteiger partial charge on any atom is 0.145 e. The highest BCUT2D eigenvalue weighted by Gasteiger charge is 2.09. The molecule has 0 spiro atoms. The Kier molecular flexibility index (Phi) is 4.52. The van der Waals surface area contributed by atoms with Gasteiger partial charge in [-0.3, -0.25) is 0 Å². The van der Waals surface area contributed by atoms with Gasteiger partial charge in [-0.1, -0.05) is 19.9 Å². The summed E-state index contributed by atoms with van der Waals surface area (Å²) in [5.74, 6) is 6.53. The molecule has 0 fully saturated rings. The summed E-state index contributed by atoms with van der Waals surface area (Å²) >= 11 is 0. The minimum atomic E-state index is 0.232. The summed E-state index contributed by atoms with van der Waals surface area (Å²) in [6.45, 7) is 6.87. The first-order valence-electron chi connectivity index (χ1n) is 5.17. The van der Waals surface area contributed by atoms with Crippen LogP contribution in [-0.4, -0.2) is 11.1 Å². The number of anilines is 1. The molecule has 3 N–H and O–H groups in total. The number of rotatable bonds is 5. The standard InChI is InChI=1S/C11H19N3O/c1-8(2)9(3)15-7-10-5-4-6-13-11(10)14-12/h4-6,8-9H,7,12H2,1-3H3,(H,13,14). The van der Waals surface area contributed by atoms with E-state index in [1.807, 2.05) is 12.1 Å². The molecule has 0 bridgehead atoms. The average Bonchev–Trinajstić information content (AvgIpc) is 2.26. The fraction of sp³-hybridized carbons (Fsp3) is 0.545. The second kappa shape index (κ2) is 5.68. The highest BCUT2D eigenvalue weighted by atomic mass is 16.5. The predicted octanol–water partition coefficient (Wildman–Crippen LogP) is 1.93. The molecule has 0 aliphatic rings. The Balaban J connectivity index is 2.57. The lowest BCUT2D eigenvalue weighted by atomic mass is 10.1. The Bertz CT molecular complexity index is 302. The number of nitrogen functional groups attached to an aromatic ring is 1. The smallest absolute Gasteiger partial charge is 0.145 e. The van der Waals surface area contributed by atoms with Crippen LogP contribution >= 0.6 is 0 Å². The molecular weight excluding hydrogens is 190 g/mol. The van der Waals surface area contributed by atoms with Gasteiger partial charge in [0, 0.05) is 11.8 Å². The zero-order valence-electron chi connectivity index (χ0n) is 9.53. The lowest BCUT2D eigenvalue weighted by molar-refractivity contribution is 0.0236. The van der Waals surface area contributed by atoms with Gasteiger partial charge < -0.3 is 10.2 Å². The Morgan fingerprint density at radius 3 is 2.80 bits per heavy atom. The minimum absolute atomic E-state index is 0.232. The number of hydrogen-bond donors (Lipinski definition) is 2. The van der Waals surface area contributed by atoms with Crippen molar-refractivity contribution in [3.05, 3.63) is 23.9 Å². The van der Waals surface area contributed by atoms with Gasteiger partial charge in [0.05, 0.1) is 12.7 Å². The third-order valence-electron chi connectivity index (χ3n) is 2.47. The maximum atomic E-state index is 5.70. The van der Waals surface area contributed by atoms with E-state index in [-0.39, 0.29) is 6.10 Å². The van der Waals surface area contributed by atoms with Crippen LogP contribution in [0.2, 0.25) is 0 Å². The zero-order valence-corrected chi connectivity index (χ0v) is 9.53. The second-order valence-electron chi connectivity index (χ2n) is 3.92. The number of nitrogens with two attached hydrogens (primary N) is 1. The van der Waals surface area contributed by atoms with Crippen LogP contribution in [0.15, 0.2) is 18.3 Å².